The van der Waals surface area contributed by atoms with E-state index in [0.29, 0.717) is 19.4 Å². The van der Waals surface area contributed by atoms with E-state index in [0.717, 1.165) is 28.6 Å². The Morgan fingerprint density at radius 1 is 1.25 bits per heavy atom. The number of benzene rings is 1. The lowest BCUT2D eigenvalue weighted by Crippen LogP contribution is -2.49. The van der Waals surface area contributed by atoms with E-state index in [-0.39, 0.29) is 11.7 Å². The van der Waals surface area contributed by atoms with Crippen molar-refractivity contribution >= 4 is 22.6 Å². The molecule has 1 aromatic heterocycles. The molecule has 2 aliphatic rings. The number of nitrogens with zero attached hydrogens (tertiary/aromatic N) is 1. The number of fused-ring (bicyclic) bond motifs is 3. The molecule has 1 aliphatic carbocycles. The second kappa shape index (κ2) is 3.72. The molecule has 1 N–H and O–H groups in total. The van der Waals surface area contributed by atoms with Crippen LogP contribution in [0.3, 0.4) is 0 Å². The van der Waals surface area contributed by atoms with Crippen LogP contribution >= 0.6 is 0 Å². The van der Waals surface area contributed by atoms with E-state index in [1.54, 1.807) is 0 Å². The number of rotatable bonds is 0. The summed E-state index contributed by atoms with van der Waals surface area (Å²) in [5.41, 5.74) is 2.00. The summed E-state index contributed by atoms with van der Waals surface area (Å²) in [6.07, 6.45) is 2.10. The third-order valence-electron chi connectivity index (χ3n) is 4.84. The molecule has 2 aromatic rings. The molecule has 0 saturated carbocycles. The van der Waals surface area contributed by atoms with Crippen molar-refractivity contribution in [3.8, 4) is 0 Å². The SMILES string of the molecule is Cn1c2c(c3ccccc31)CC1(CCCNC1=O)C2=O. The Hall–Kier alpha value is -2.10. The Balaban J connectivity index is 1.96. The number of nitrogens with one attached hydrogen (secondary N) is 1. The third kappa shape index (κ3) is 1.22. The number of amides is 1. The van der Waals surface area contributed by atoms with E-state index >= 15 is 0 Å². The average molecular weight is 268 g/mol. The molecular weight excluding hydrogens is 252 g/mol. The predicted molar refractivity (Wildman–Crippen MR) is 75.6 cm³/mol. The van der Waals surface area contributed by atoms with Crippen LogP contribution in [0.25, 0.3) is 10.9 Å². The fraction of sp³-hybridized carbons (Fsp3) is 0.375. The summed E-state index contributed by atoms with van der Waals surface area (Å²) in [6.45, 7) is 0.685. The summed E-state index contributed by atoms with van der Waals surface area (Å²) in [6, 6.07) is 8.03. The summed E-state index contributed by atoms with van der Waals surface area (Å²) in [7, 11) is 1.92. The van der Waals surface area contributed by atoms with Crippen molar-refractivity contribution in [2.75, 3.05) is 6.54 Å². The van der Waals surface area contributed by atoms with Crippen molar-refractivity contribution in [1.29, 1.82) is 0 Å². The molecule has 4 nitrogen and oxygen atoms in total. The number of carbonyl (C=O) groups is 2. The van der Waals surface area contributed by atoms with Crippen molar-refractivity contribution < 1.29 is 9.59 Å². The number of hydrogen-bond donors (Lipinski definition) is 1. The van der Waals surface area contributed by atoms with E-state index in [4.69, 9.17) is 0 Å². The number of Topliss-reactive ketones (excluding diaryl/α,β-unsaturated/α-hetero) is 1. The average Bonchev–Trinajstić information content (AvgIpc) is 2.90. The van der Waals surface area contributed by atoms with Gasteiger partial charge in [0.25, 0.3) is 0 Å². The van der Waals surface area contributed by atoms with Gasteiger partial charge in [-0.1, -0.05) is 18.2 Å². The van der Waals surface area contributed by atoms with E-state index in [2.05, 4.69) is 5.32 Å². The molecule has 2 heterocycles. The van der Waals surface area contributed by atoms with Gasteiger partial charge in [-0.3, -0.25) is 9.59 Å². The van der Waals surface area contributed by atoms with Crippen LogP contribution in [-0.2, 0) is 18.3 Å². The summed E-state index contributed by atoms with van der Waals surface area (Å²) in [5.74, 6) is -0.0857. The fourth-order valence-corrected chi connectivity index (χ4v) is 3.81. The van der Waals surface area contributed by atoms with Crippen molar-refractivity contribution in [2.24, 2.45) is 12.5 Å². The zero-order chi connectivity index (χ0) is 13.9. The van der Waals surface area contributed by atoms with Crippen LogP contribution < -0.4 is 5.32 Å². The molecule has 0 radical (unpaired) electrons. The van der Waals surface area contributed by atoms with Crippen molar-refractivity contribution in [1.82, 2.24) is 9.88 Å². The lowest BCUT2D eigenvalue weighted by molar-refractivity contribution is -0.130. The minimum Gasteiger partial charge on any atom is -0.355 e. The molecule has 1 aromatic carbocycles. The second-order valence-electron chi connectivity index (χ2n) is 5.85. The maximum Gasteiger partial charge on any atom is 0.234 e. The van der Waals surface area contributed by atoms with Gasteiger partial charge in [0.2, 0.25) is 5.91 Å². The van der Waals surface area contributed by atoms with Crippen molar-refractivity contribution in [3.63, 3.8) is 0 Å². The van der Waals surface area contributed by atoms with Gasteiger partial charge in [-0.05, 0) is 30.9 Å². The molecule has 1 aliphatic heterocycles. The van der Waals surface area contributed by atoms with Gasteiger partial charge in [0, 0.05) is 24.5 Å². The number of ketones is 1. The Bertz CT molecular complexity index is 759. The number of aromatic nitrogens is 1. The highest BCUT2D eigenvalue weighted by molar-refractivity contribution is 6.19. The molecule has 1 atom stereocenters. The quantitative estimate of drug-likeness (QED) is 0.741. The lowest BCUT2D eigenvalue weighted by Gasteiger charge is -2.30. The summed E-state index contributed by atoms with van der Waals surface area (Å²) in [5, 5.41) is 3.97. The minimum atomic E-state index is -0.843. The summed E-state index contributed by atoms with van der Waals surface area (Å²) < 4.78 is 1.95. The molecule has 1 fully saturated rings. The maximum absolute atomic E-state index is 12.9. The fourth-order valence-electron chi connectivity index (χ4n) is 3.81. The standard InChI is InChI=1S/C16H16N2O2/c1-18-12-6-3-2-5-10(12)11-9-16(14(19)13(11)18)7-4-8-17-15(16)20/h2-3,5-6H,4,7-9H2,1H3,(H,17,20). The first-order valence-electron chi connectivity index (χ1n) is 7.04. The van der Waals surface area contributed by atoms with Gasteiger partial charge in [-0.15, -0.1) is 0 Å². The largest absolute Gasteiger partial charge is 0.355 e. The number of carbonyl (C=O) groups excluding carboxylic acids is 2. The topological polar surface area (TPSA) is 51.1 Å². The normalized spacial score (nSPS) is 25.2. The zero-order valence-corrected chi connectivity index (χ0v) is 11.4. The summed E-state index contributed by atoms with van der Waals surface area (Å²) in [4.78, 5) is 25.2. The van der Waals surface area contributed by atoms with Crippen LogP contribution in [0.15, 0.2) is 24.3 Å². The number of hydrogen-bond acceptors (Lipinski definition) is 2. The predicted octanol–water partition coefficient (Wildman–Crippen LogP) is 1.81. The van der Waals surface area contributed by atoms with Crippen LogP contribution in [0.4, 0.5) is 0 Å². The first-order chi connectivity index (χ1) is 9.65. The Labute approximate surface area is 116 Å². The molecule has 1 amide bonds. The number of aryl methyl sites for hydroxylation is 1. The first kappa shape index (κ1) is 11.7. The molecule has 1 saturated heterocycles. The molecule has 1 spiro atoms. The van der Waals surface area contributed by atoms with E-state index in [1.807, 2.05) is 35.9 Å². The maximum atomic E-state index is 12.9. The monoisotopic (exact) mass is 268 g/mol. The van der Waals surface area contributed by atoms with Gasteiger partial charge < -0.3 is 9.88 Å². The summed E-state index contributed by atoms with van der Waals surface area (Å²) >= 11 is 0. The molecule has 1 unspecified atom stereocenters. The Kier molecular flexibility index (Phi) is 2.18. The van der Waals surface area contributed by atoms with E-state index in [1.165, 1.54) is 0 Å². The van der Waals surface area contributed by atoms with Gasteiger partial charge in [0.1, 0.15) is 5.41 Å². The molecule has 20 heavy (non-hydrogen) atoms. The lowest BCUT2D eigenvalue weighted by atomic mass is 9.76. The highest BCUT2D eigenvalue weighted by Gasteiger charge is 2.54. The third-order valence-corrected chi connectivity index (χ3v) is 4.84. The molecular formula is C16H16N2O2. The number of piperidine rings is 1. The highest BCUT2D eigenvalue weighted by Crippen LogP contribution is 2.45. The highest BCUT2D eigenvalue weighted by atomic mass is 16.2. The molecule has 0 bridgehead atoms. The van der Waals surface area contributed by atoms with Crippen LogP contribution in [0.5, 0.6) is 0 Å². The van der Waals surface area contributed by atoms with Gasteiger partial charge in [-0.25, -0.2) is 0 Å². The zero-order valence-electron chi connectivity index (χ0n) is 11.4. The number of para-hydroxylation sites is 1. The molecule has 4 heteroatoms. The second-order valence-corrected chi connectivity index (χ2v) is 5.85. The van der Waals surface area contributed by atoms with Crippen LogP contribution in [0, 0.1) is 5.41 Å². The van der Waals surface area contributed by atoms with E-state index in [9.17, 15) is 9.59 Å². The van der Waals surface area contributed by atoms with Gasteiger partial charge in [0.05, 0.1) is 5.69 Å². The minimum absolute atomic E-state index is 0.00315. The van der Waals surface area contributed by atoms with Gasteiger partial charge >= 0.3 is 0 Å². The molecule has 102 valence electrons. The van der Waals surface area contributed by atoms with Crippen LogP contribution in [0.1, 0.15) is 28.9 Å². The smallest absolute Gasteiger partial charge is 0.234 e. The van der Waals surface area contributed by atoms with Crippen LogP contribution in [0.2, 0.25) is 0 Å². The Morgan fingerprint density at radius 3 is 2.85 bits per heavy atom. The molecule has 4 rings (SSSR count). The van der Waals surface area contributed by atoms with Gasteiger partial charge in [0.15, 0.2) is 5.78 Å². The first-order valence-corrected chi connectivity index (χ1v) is 7.04. The van der Waals surface area contributed by atoms with E-state index < -0.39 is 5.41 Å². The Morgan fingerprint density at radius 2 is 2.05 bits per heavy atom. The van der Waals surface area contributed by atoms with Crippen molar-refractivity contribution in [3.05, 3.63) is 35.5 Å². The van der Waals surface area contributed by atoms with Crippen molar-refractivity contribution in [2.45, 2.75) is 19.3 Å². The van der Waals surface area contributed by atoms with Gasteiger partial charge in [-0.2, -0.15) is 0 Å². The van der Waals surface area contributed by atoms with Crippen LogP contribution in [-0.4, -0.2) is 22.8 Å².